The van der Waals surface area contributed by atoms with Crippen LogP contribution in [0.15, 0.2) is 0 Å². The highest BCUT2D eigenvalue weighted by atomic mass is 32.2. The third-order valence-electron chi connectivity index (χ3n) is 1.59. The van der Waals surface area contributed by atoms with Gasteiger partial charge in [-0.1, -0.05) is 0 Å². The average molecular weight is 191 g/mol. The van der Waals surface area contributed by atoms with E-state index in [0.717, 1.165) is 19.6 Å². The Bertz CT molecular complexity index is 240. The summed E-state index contributed by atoms with van der Waals surface area (Å²) in [6.45, 7) is 3.52. The summed E-state index contributed by atoms with van der Waals surface area (Å²) in [6.07, 6.45) is 0. The van der Waals surface area contributed by atoms with Crippen molar-refractivity contribution < 1.29 is 8.42 Å². The molecule has 0 saturated carbocycles. The molecule has 1 heterocycles. The summed E-state index contributed by atoms with van der Waals surface area (Å²) in [7, 11) is -2.11. The van der Waals surface area contributed by atoms with Crippen molar-refractivity contribution in [1.82, 2.24) is 16.0 Å². The quantitative estimate of drug-likeness (QED) is 0.378. The molecular weight excluding hydrogens is 178 g/mol. The molecule has 1 aliphatic rings. The van der Waals surface area contributed by atoms with Crippen LogP contribution in [0.25, 0.3) is 0 Å². The van der Waals surface area contributed by atoms with Crippen LogP contribution < -0.4 is 16.0 Å². The molecule has 1 fully saturated rings. The number of nitrogens with one attached hydrogen (secondary N) is 3. The molecule has 0 aliphatic carbocycles. The van der Waals surface area contributed by atoms with Gasteiger partial charge in [-0.25, -0.2) is 0 Å². The molecule has 0 spiro atoms. The Labute approximate surface area is 73.1 Å². The van der Waals surface area contributed by atoms with E-state index in [9.17, 15) is 8.42 Å². The fourth-order valence-corrected chi connectivity index (χ4v) is 1.41. The van der Waals surface area contributed by atoms with E-state index in [2.05, 4.69) is 16.0 Å². The van der Waals surface area contributed by atoms with Crippen LogP contribution in [0.3, 0.4) is 0 Å². The van der Waals surface area contributed by atoms with Gasteiger partial charge in [0.25, 0.3) is 0 Å². The summed E-state index contributed by atoms with van der Waals surface area (Å²) >= 11 is 0. The number of rotatable bonds is 0. The van der Waals surface area contributed by atoms with Crippen LogP contribution in [-0.4, -0.2) is 46.1 Å². The maximum absolute atomic E-state index is 10.6. The van der Waals surface area contributed by atoms with Crippen LogP contribution in [0.1, 0.15) is 0 Å². The Morgan fingerprint density at radius 1 is 1.00 bits per heavy atom. The standard InChI is InChI=1S/C6H13N3O2S/c10-12(11)6-5-8-2-1-7-3-4-9-6/h7-9H,1-5H2. The van der Waals surface area contributed by atoms with Crippen molar-refractivity contribution in [2.75, 3.05) is 32.7 Å². The highest BCUT2D eigenvalue weighted by Gasteiger charge is 2.02. The van der Waals surface area contributed by atoms with Crippen LogP contribution in [0.5, 0.6) is 0 Å². The molecule has 70 valence electrons. The molecular formula is C6H13N3O2S. The van der Waals surface area contributed by atoms with Crippen molar-refractivity contribution in [3.63, 3.8) is 0 Å². The van der Waals surface area contributed by atoms with Crippen LogP contribution in [0.2, 0.25) is 0 Å². The van der Waals surface area contributed by atoms with E-state index < -0.39 is 10.3 Å². The molecule has 0 radical (unpaired) electrons. The summed E-state index contributed by atoms with van der Waals surface area (Å²) < 4.78 is 21.1. The van der Waals surface area contributed by atoms with Crippen molar-refractivity contribution in [3.05, 3.63) is 0 Å². The van der Waals surface area contributed by atoms with Gasteiger partial charge in [0, 0.05) is 32.7 Å². The monoisotopic (exact) mass is 191 g/mol. The van der Waals surface area contributed by atoms with Gasteiger partial charge in [-0.2, -0.15) is 8.42 Å². The van der Waals surface area contributed by atoms with Crippen molar-refractivity contribution >= 4 is 15.3 Å². The molecule has 1 rings (SSSR count). The van der Waals surface area contributed by atoms with E-state index in [1.54, 1.807) is 0 Å². The van der Waals surface area contributed by atoms with Crippen LogP contribution in [-0.2, 0) is 10.3 Å². The van der Waals surface area contributed by atoms with E-state index >= 15 is 0 Å². The van der Waals surface area contributed by atoms with Crippen molar-refractivity contribution in [3.8, 4) is 0 Å². The first-order valence-electron chi connectivity index (χ1n) is 3.91. The maximum atomic E-state index is 10.6. The van der Waals surface area contributed by atoms with Crippen molar-refractivity contribution in [1.29, 1.82) is 0 Å². The predicted octanol–water partition coefficient (Wildman–Crippen LogP) is -2.22. The summed E-state index contributed by atoms with van der Waals surface area (Å²) in [5.74, 6) is 0. The van der Waals surface area contributed by atoms with E-state index in [0.29, 0.717) is 18.1 Å². The third kappa shape index (κ3) is 3.31. The minimum atomic E-state index is -2.11. The third-order valence-corrected chi connectivity index (χ3v) is 2.28. The molecule has 0 amide bonds. The van der Waals surface area contributed by atoms with Gasteiger partial charge < -0.3 is 10.6 Å². The molecule has 0 atom stereocenters. The smallest absolute Gasteiger partial charge is 0.229 e. The molecule has 6 heteroatoms. The Morgan fingerprint density at radius 3 is 2.42 bits per heavy atom. The second-order valence-corrected chi connectivity index (χ2v) is 3.47. The topological polar surface area (TPSA) is 70.2 Å². The fourth-order valence-electron chi connectivity index (χ4n) is 0.974. The zero-order chi connectivity index (χ0) is 8.81. The Morgan fingerprint density at radius 2 is 1.67 bits per heavy atom. The Balaban J connectivity index is 2.57. The van der Waals surface area contributed by atoms with Crippen molar-refractivity contribution in [2.24, 2.45) is 0 Å². The second-order valence-electron chi connectivity index (χ2n) is 2.51. The largest absolute Gasteiger partial charge is 0.314 e. The van der Waals surface area contributed by atoms with E-state index in [1.807, 2.05) is 0 Å². The van der Waals surface area contributed by atoms with Gasteiger partial charge >= 0.3 is 0 Å². The summed E-state index contributed by atoms with van der Waals surface area (Å²) in [5.41, 5.74) is 0. The molecule has 3 N–H and O–H groups in total. The van der Waals surface area contributed by atoms with Crippen LogP contribution >= 0.6 is 0 Å². The van der Waals surface area contributed by atoms with E-state index in [-0.39, 0.29) is 0 Å². The second kappa shape index (κ2) is 5.26. The first-order chi connectivity index (χ1) is 5.80. The van der Waals surface area contributed by atoms with Gasteiger partial charge in [-0.05, 0) is 0 Å². The SMILES string of the molecule is O=S(=O)=C1CNCCNCCN1. The van der Waals surface area contributed by atoms with Gasteiger partial charge in [0.05, 0.1) is 0 Å². The number of hydrogen-bond acceptors (Lipinski definition) is 4. The Hall–Kier alpha value is -0.430. The van der Waals surface area contributed by atoms with E-state index in [4.69, 9.17) is 0 Å². The molecule has 0 unspecified atom stereocenters. The molecule has 5 nitrogen and oxygen atoms in total. The first-order valence-corrected chi connectivity index (χ1v) is 4.98. The van der Waals surface area contributed by atoms with Gasteiger partial charge in [0.1, 0.15) is 4.99 Å². The Kier molecular flexibility index (Phi) is 4.23. The zero-order valence-corrected chi connectivity index (χ0v) is 7.58. The molecule has 0 aromatic carbocycles. The lowest BCUT2D eigenvalue weighted by Crippen LogP contribution is -2.35. The fraction of sp³-hybridized carbons (Fsp3) is 0.833. The molecule has 0 aromatic heterocycles. The van der Waals surface area contributed by atoms with Gasteiger partial charge in [-0.3, -0.25) is 5.32 Å². The molecule has 0 aromatic rings. The zero-order valence-electron chi connectivity index (χ0n) is 6.76. The van der Waals surface area contributed by atoms with Gasteiger partial charge in [0.2, 0.25) is 10.3 Å². The summed E-state index contributed by atoms with van der Waals surface area (Å²) in [6, 6.07) is 0. The highest BCUT2D eigenvalue weighted by Crippen LogP contribution is 1.71. The van der Waals surface area contributed by atoms with Crippen LogP contribution in [0, 0.1) is 0 Å². The first kappa shape index (κ1) is 9.66. The minimum Gasteiger partial charge on any atom is -0.314 e. The van der Waals surface area contributed by atoms with Crippen molar-refractivity contribution in [2.45, 2.75) is 0 Å². The van der Waals surface area contributed by atoms with Gasteiger partial charge in [-0.15, -0.1) is 0 Å². The molecule has 0 bridgehead atoms. The maximum Gasteiger partial charge on any atom is 0.229 e. The lowest BCUT2D eigenvalue weighted by Gasteiger charge is -2.01. The minimum absolute atomic E-state index is 0.346. The average Bonchev–Trinajstić information content (AvgIpc) is 2.15. The lowest BCUT2D eigenvalue weighted by molar-refractivity contribution is 0.625. The predicted molar refractivity (Wildman–Crippen MR) is 47.7 cm³/mol. The summed E-state index contributed by atoms with van der Waals surface area (Å²) in [4.78, 5) is 0.346. The molecule has 12 heavy (non-hydrogen) atoms. The molecule has 1 saturated heterocycles. The lowest BCUT2D eigenvalue weighted by atomic mass is 10.5. The normalized spacial score (nSPS) is 20.8. The highest BCUT2D eigenvalue weighted by molar-refractivity contribution is 7.72. The van der Waals surface area contributed by atoms with Gasteiger partial charge in [0.15, 0.2) is 0 Å². The summed E-state index contributed by atoms with van der Waals surface area (Å²) in [5, 5.41) is 8.99. The van der Waals surface area contributed by atoms with E-state index in [1.165, 1.54) is 0 Å². The number of hydrogen-bond donors (Lipinski definition) is 3. The van der Waals surface area contributed by atoms with Crippen LogP contribution in [0.4, 0.5) is 0 Å². The molecule has 1 aliphatic heterocycles.